The molecule has 1 unspecified atom stereocenters. The Morgan fingerprint density at radius 2 is 1.96 bits per heavy atom. The van der Waals surface area contributed by atoms with E-state index in [1.807, 2.05) is 25.1 Å². The minimum Gasteiger partial charge on any atom is -0.468 e. The lowest BCUT2D eigenvalue weighted by Gasteiger charge is -2.22. The second kappa shape index (κ2) is 7.79. The van der Waals surface area contributed by atoms with E-state index < -0.39 is 10.0 Å². The van der Waals surface area contributed by atoms with Gasteiger partial charge in [0, 0.05) is 17.0 Å². The summed E-state index contributed by atoms with van der Waals surface area (Å²) in [6, 6.07) is 10.3. The number of nitrogens with zero attached hydrogens (tertiary/aromatic N) is 1. The second-order valence-electron chi connectivity index (χ2n) is 5.24. The first-order chi connectivity index (χ1) is 10.9. The van der Waals surface area contributed by atoms with Crippen LogP contribution in [-0.4, -0.2) is 34.0 Å². The van der Waals surface area contributed by atoms with Crippen LogP contribution in [0.5, 0.6) is 0 Å². The highest BCUT2D eigenvalue weighted by atomic mass is 35.5. The minimum absolute atomic E-state index is 0.177. The average Bonchev–Trinajstić information content (AvgIpc) is 3.00. The largest absolute Gasteiger partial charge is 0.468 e. The molecule has 1 aromatic heterocycles. The van der Waals surface area contributed by atoms with Crippen molar-refractivity contribution in [3.05, 3.63) is 64.4 Å². The van der Waals surface area contributed by atoms with Crippen LogP contribution in [0.15, 0.2) is 52.5 Å². The number of hydrogen-bond donors (Lipinski definition) is 1. The molecule has 0 bridgehead atoms. The second-order valence-corrected chi connectivity index (χ2v) is 7.33. The van der Waals surface area contributed by atoms with E-state index in [1.165, 1.54) is 6.08 Å². The lowest BCUT2D eigenvalue weighted by Crippen LogP contribution is -2.33. The van der Waals surface area contributed by atoms with Crippen LogP contribution in [0.3, 0.4) is 0 Å². The van der Waals surface area contributed by atoms with Gasteiger partial charge in [-0.3, -0.25) is 4.90 Å². The van der Waals surface area contributed by atoms with E-state index in [9.17, 15) is 8.42 Å². The topological polar surface area (TPSA) is 62.6 Å². The first-order valence-corrected chi connectivity index (χ1v) is 8.93. The van der Waals surface area contributed by atoms with Gasteiger partial charge in [0.2, 0.25) is 10.0 Å². The predicted octanol–water partition coefficient (Wildman–Crippen LogP) is 3.13. The van der Waals surface area contributed by atoms with Crippen LogP contribution in [0.1, 0.15) is 17.4 Å². The van der Waals surface area contributed by atoms with Crippen LogP contribution >= 0.6 is 11.6 Å². The Labute approximate surface area is 141 Å². The van der Waals surface area contributed by atoms with Crippen LogP contribution < -0.4 is 4.72 Å². The summed E-state index contributed by atoms with van der Waals surface area (Å²) < 4.78 is 32.1. The van der Waals surface area contributed by atoms with Gasteiger partial charge < -0.3 is 4.42 Å². The number of rotatable bonds is 7. The van der Waals surface area contributed by atoms with Crippen molar-refractivity contribution >= 4 is 27.7 Å². The lowest BCUT2D eigenvalue weighted by molar-refractivity contribution is 0.259. The van der Waals surface area contributed by atoms with Gasteiger partial charge in [-0.25, -0.2) is 13.1 Å². The molecular formula is C16H19ClN2O3S. The number of nitrogens with one attached hydrogen (secondary N) is 1. The first-order valence-electron chi connectivity index (χ1n) is 7.00. The molecule has 0 saturated heterocycles. The van der Waals surface area contributed by atoms with Crippen LogP contribution in [0.25, 0.3) is 6.08 Å². The Balaban J connectivity index is 2.01. The van der Waals surface area contributed by atoms with Gasteiger partial charge in [-0.05, 0) is 50.0 Å². The Morgan fingerprint density at radius 1 is 1.26 bits per heavy atom. The highest BCUT2D eigenvalue weighted by molar-refractivity contribution is 7.92. The van der Waals surface area contributed by atoms with Gasteiger partial charge in [0.1, 0.15) is 5.76 Å². The zero-order chi connectivity index (χ0) is 16.9. The van der Waals surface area contributed by atoms with Gasteiger partial charge in [0.25, 0.3) is 0 Å². The molecular weight excluding hydrogens is 336 g/mol. The quantitative estimate of drug-likeness (QED) is 0.829. The van der Waals surface area contributed by atoms with Crippen molar-refractivity contribution in [1.82, 2.24) is 9.62 Å². The molecule has 1 atom stereocenters. The molecule has 124 valence electrons. The van der Waals surface area contributed by atoms with Crippen LogP contribution in [0, 0.1) is 0 Å². The molecule has 0 aliphatic rings. The van der Waals surface area contributed by atoms with Crippen molar-refractivity contribution in [3.8, 4) is 0 Å². The fourth-order valence-corrected chi connectivity index (χ4v) is 2.95. The van der Waals surface area contributed by atoms with Crippen LogP contribution in [0.2, 0.25) is 5.02 Å². The van der Waals surface area contributed by atoms with Crippen molar-refractivity contribution in [2.45, 2.75) is 6.04 Å². The van der Waals surface area contributed by atoms with E-state index in [1.54, 1.807) is 36.6 Å². The third kappa shape index (κ3) is 5.51. The molecule has 2 aromatic rings. The predicted molar refractivity (Wildman–Crippen MR) is 92.5 cm³/mol. The number of furan rings is 1. The molecule has 7 heteroatoms. The van der Waals surface area contributed by atoms with E-state index >= 15 is 0 Å². The van der Waals surface area contributed by atoms with Gasteiger partial charge >= 0.3 is 0 Å². The van der Waals surface area contributed by atoms with E-state index in [0.717, 1.165) is 11.0 Å². The normalized spacial score (nSPS) is 13.7. The van der Waals surface area contributed by atoms with Gasteiger partial charge in [0.15, 0.2) is 0 Å². The summed E-state index contributed by atoms with van der Waals surface area (Å²) in [5.74, 6) is 0.708. The summed E-state index contributed by atoms with van der Waals surface area (Å²) in [4.78, 5) is 1.89. The Morgan fingerprint density at radius 3 is 2.52 bits per heavy atom. The fourth-order valence-electron chi connectivity index (χ4n) is 2.00. The maximum atomic E-state index is 12.1. The van der Waals surface area contributed by atoms with Crippen molar-refractivity contribution < 1.29 is 12.8 Å². The number of benzene rings is 1. The third-order valence-corrected chi connectivity index (χ3v) is 4.60. The van der Waals surface area contributed by atoms with Crippen LogP contribution in [0.4, 0.5) is 0 Å². The number of sulfonamides is 1. The average molecular weight is 355 g/mol. The lowest BCUT2D eigenvalue weighted by atomic mass is 10.2. The zero-order valence-corrected chi connectivity index (χ0v) is 14.5. The fraction of sp³-hybridized carbons (Fsp3) is 0.250. The molecule has 0 aliphatic carbocycles. The van der Waals surface area contributed by atoms with Crippen molar-refractivity contribution in [1.29, 1.82) is 0 Å². The van der Waals surface area contributed by atoms with Gasteiger partial charge in [0.05, 0.1) is 12.3 Å². The molecule has 1 heterocycles. The molecule has 0 aliphatic heterocycles. The minimum atomic E-state index is -3.54. The summed E-state index contributed by atoms with van der Waals surface area (Å²) in [6.07, 6.45) is 3.09. The van der Waals surface area contributed by atoms with Gasteiger partial charge in [-0.2, -0.15) is 0 Å². The summed E-state index contributed by atoms with van der Waals surface area (Å²) >= 11 is 5.80. The zero-order valence-electron chi connectivity index (χ0n) is 12.9. The summed E-state index contributed by atoms with van der Waals surface area (Å²) in [7, 11) is 0.191. The third-order valence-electron chi connectivity index (χ3n) is 3.28. The molecule has 0 saturated carbocycles. The summed E-state index contributed by atoms with van der Waals surface area (Å²) in [5, 5.41) is 1.75. The SMILES string of the molecule is CN(C)C(CNS(=O)(=O)C=Cc1ccc(Cl)cc1)c1ccco1. The maximum Gasteiger partial charge on any atom is 0.233 e. The van der Waals surface area contributed by atoms with E-state index in [-0.39, 0.29) is 12.6 Å². The molecule has 0 radical (unpaired) electrons. The highest BCUT2D eigenvalue weighted by Crippen LogP contribution is 2.18. The van der Waals surface area contributed by atoms with Crippen molar-refractivity contribution in [2.24, 2.45) is 0 Å². The van der Waals surface area contributed by atoms with Crippen molar-refractivity contribution in [2.75, 3.05) is 20.6 Å². The molecule has 0 spiro atoms. The summed E-state index contributed by atoms with van der Waals surface area (Å²) in [6.45, 7) is 0.216. The number of hydrogen-bond acceptors (Lipinski definition) is 4. The van der Waals surface area contributed by atoms with Gasteiger partial charge in [-0.15, -0.1) is 0 Å². The standard InChI is InChI=1S/C16H19ClN2O3S/c1-19(2)15(16-4-3-10-22-16)12-18-23(20,21)11-9-13-5-7-14(17)8-6-13/h3-11,15,18H,12H2,1-2H3. The van der Waals surface area contributed by atoms with E-state index in [0.29, 0.717) is 10.8 Å². The molecule has 1 aromatic carbocycles. The first kappa shape index (κ1) is 17.7. The molecule has 1 N–H and O–H groups in total. The van der Waals surface area contributed by atoms with Crippen molar-refractivity contribution in [3.63, 3.8) is 0 Å². The number of halogens is 1. The molecule has 2 rings (SSSR count). The smallest absolute Gasteiger partial charge is 0.233 e. The van der Waals surface area contributed by atoms with Crippen LogP contribution in [-0.2, 0) is 10.0 Å². The highest BCUT2D eigenvalue weighted by Gasteiger charge is 2.19. The van der Waals surface area contributed by atoms with E-state index in [4.69, 9.17) is 16.0 Å². The Kier molecular flexibility index (Phi) is 6.01. The van der Waals surface area contributed by atoms with E-state index in [2.05, 4.69) is 4.72 Å². The number of likely N-dealkylation sites (N-methyl/N-ethyl adjacent to an activating group) is 1. The molecule has 0 amide bonds. The Bertz CT molecular complexity index is 738. The summed E-state index contributed by atoms with van der Waals surface area (Å²) in [5.41, 5.74) is 0.759. The Hall–Kier alpha value is -1.60. The molecule has 23 heavy (non-hydrogen) atoms. The maximum absolute atomic E-state index is 12.1. The monoisotopic (exact) mass is 354 g/mol. The molecule has 5 nitrogen and oxygen atoms in total. The van der Waals surface area contributed by atoms with Gasteiger partial charge in [-0.1, -0.05) is 23.7 Å². The molecule has 0 fully saturated rings.